The van der Waals surface area contributed by atoms with E-state index in [9.17, 15) is 4.79 Å². The van der Waals surface area contributed by atoms with Crippen LogP contribution in [0.5, 0.6) is 0 Å². The molecule has 0 radical (unpaired) electrons. The van der Waals surface area contributed by atoms with Crippen molar-refractivity contribution in [1.29, 1.82) is 0 Å². The van der Waals surface area contributed by atoms with Crippen LogP contribution in [-0.2, 0) is 11.2 Å². The number of nitrogens with one attached hydrogen (secondary N) is 1. The molecule has 1 fully saturated rings. The summed E-state index contributed by atoms with van der Waals surface area (Å²) in [4.78, 5) is 14.4. The van der Waals surface area contributed by atoms with Crippen LogP contribution in [0.3, 0.4) is 0 Å². The van der Waals surface area contributed by atoms with Crippen LogP contribution in [-0.4, -0.2) is 39.3 Å². The Balaban J connectivity index is 1.57. The summed E-state index contributed by atoms with van der Waals surface area (Å²) in [6.07, 6.45) is 4.05. The van der Waals surface area contributed by atoms with Gasteiger partial charge in [0, 0.05) is 36.7 Å². The lowest BCUT2D eigenvalue weighted by Gasteiger charge is -2.16. The smallest absolute Gasteiger partial charge is 0.222 e. The molecule has 0 spiro atoms. The molecular weight excluding hydrogens is 280 g/mol. The molecule has 1 aliphatic heterocycles. The molecule has 1 amide bonds. The molecular formula is C16H22N4O2. The van der Waals surface area contributed by atoms with E-state index in [1.807, 2.05) is 24.9 Å². The number of carbonyl (C=O) groups is 1. The van der Waals surface area contributed by atoms with E-state index in [1.165, 1.54) is 11.3 Å². The minimum Gasteiger partial charge on any atom is -0.361 e. The van der Waals surface area contributed by atoms with E-state index >= 15 is 0 Å². The number of aromatic amines is 1. The van der Waals surface area contributed by atoms with Crippen molar-refractivity contribution < 1.29 is 9.32 Å². The van der Waals surface area contributed by atoms with Gasteiger partial charge in [0.25, 0.3) is 0 Å². The second-order valence-corrected chi connectivity index (χ2v) is 6.09. The number of H-pyrrole nitrogens is 1. The Hall–Kier alpha value is -2.11. The number of likely N-dealkylation sites (tertiary alicyclic amines) is 1. The standard InChI is InChI=1S/C16H22N4O2/c1-10-8-17-18-16(10)13-6-7-20(9-13)15(21)5-4-14-11(2)19-22-12(14)3/h8,13H,4-7,9H2,1-3H3,(H,17,18). The van der Waals surface area contributed by atoms with Gasteiger partial charge in [-0.1, -0.05) is 5.16 Å². The van der Waals surface area contributed by atoms with Crippen molar-refractivity contribution in [2.45, 2.75) is 46.0 Å². The van der Waals surface area contributed by atoms with Crippen molar-refractivity contribution in [3.63, 3.8) is 0 Å². The van der Waals surface area contributed by atoms with Crippen molar-refractivity contribution in [3.8, 4) is 0 Å². The molecule has 6 nitrogen and oxygen atoms in total. The fourth-order valence-electron chi connectivity index (χ4n) is 3.24. The highest BCUT2D eigenvalue weighted by Gasteiger charge is 2.29. The SMILES string of the molecule is Cc1cn[nH]c1C1CCN(C(=O)CCc2c(C)noc2C)C1. The van der Waals surface area contributed by atoms with Gasteiger partial charge in [-0.05, 0) is 39.2 Å². The predicted molar refractivity (Wildman–Crippen MR) is 81.6 cm³/mol. The highest BCUT2D eigenvalue weighted by atomic mass is 16.5. The van der Waals surface area contributed by atoms with Crippen molar-refractivity contribution in [2.24, 2.45) is 0 Å². The number of hydrogen-bond donors (Lipinski definition) is 1. The van der Waals surface area contributed by atoms with Crippen molar-refractivity contribution in [1.82, 2.24) is 20.3 Å². The molecule has 0 saturated carbocycles. The maximum absolute atomic E-state index is 12.4. The molecule has 3 rings (SSSR count). The average Bonchev–Trinajstić information content (AvgIpc) is 3.19. The topological polar surface area (TPSA) is 75.0 Å². The fraction of sp³-hybridized carbons (Fsp3) is 0.562. The van der Waals surface area contributed by atoms with Gasteiger partial charge < -0.3 is 9.42 Å². The molecule has 22 heavy (non-hydrogen) atoms. The zero-order valence-electron chi connectivity index (χ0n) is 13.3. The summed E-state index contributed by atoms with van der Waals surface area (Å²) in [7, 11) is 0. The molecule has 0 bridgehead atoms. The zero-order chi connectivity index (χ0) is 15.7. The molecule has 0 aromatic carbocycles. The molecule has 1 unspecified atom stereocenters. The third-order valence-corrected chi connectivity index (χ3v) is 4.59. The first-order valence-corrected chi connectivity index (χ1v) is 7.75. The van der Waals surface area contributed by atoms with E-state index < -0.39 is 0 Å². The summed E-state index contributed by atoms with van der Waals surface area (Å²) in [5.74, 6) is 1.41. The summed E-state index contributed by atoms with van der Waals surface area (Å²) in [6.45, 7) is 7.48. The van der Waals surface area contributed by atoms with Gasteiger partial charge in [-0.15, -0.1) is 0 Å². The lowest BCUT2D eigenvalue weighted by Crippen LogP contribution is -2.28. The van der Waals surface area contributed by atoms with Gasteiger partial charge in [-0.2, -0.15) is 5.10 Å². The van der Waals surface area contributed by atoms with Crippen LogP contribution in [0.2, 0.25) is 0 Å². The van der Waals surface area contributed by atoms with Crippen LogP contribution in [0.25, 0.3) is 0 Å². The quantitative estimate of drug-likeness (QED) is 0.940. The zero-order valence-corrected chi connectivity index (χ0v) is 13.3. The van der Waals surface area contributed by atoms with Crippen molar-refractivity contribution in [2.75, 3.05) is 13.1 Å². The molecule has 1 aliphatic rings. The van der Waals surface area contributed by atoms with Crippen LogP contribution >= 0.6 is 0 Å². The Morgan fingerprint density at radius 3 is 2.91 bits per heavy atom. The Bertz CT molecular complexity index is 654. The maximum atomic E-state index is 12.4. The number of nitrogens with zero attached hydrogens (tertiary/aromatic N) is 3. The van der Waals surface area contributed by atoms with E-state index in [0.717, 1.165) is 36.5 Å². The van der Waals surface area contributed by atoms with Crippen LogP contribution in [0, 0.1) is 20.8 Å². The monoisotopic (exact) mass is 302 g/mol. The largest absolute Gasteiger partial charge is 0.361 e. The first-order valence-electron chi connectivity index (χ1n) is 7.75. The number of aryl methyl sites for hydroxylation is 3. The predicted octanol–water partition coefficient (Wildman–Crippen LogP) is 2.27. The van der Waals surface area contributed by atoms with Crippen LogP contribution in [0.15, 0.2) is 10.7 Å². The molecule has 1 atom stereocenters. The first-order chi connectivity index (χ1) is 10.6. The third kappa shape index (κ3) is 2.77. The minimum absolute atomic E-state index is 0.208. The van der Waals surface area contributed by atoms with Gasteiger partial charge in [-0.3, -0.25) is 9.89 Å². The van der Waals surface area contributed by atoms with Gasteiger partial charge in [0.2, 0.25) is 5.91 Å². The molecule has 1 saturated heterocycles. The number of amides is 1. The molecule has 118 valence electrons. The van der Waals surface area contributed by atoms with Crippen molar-refractivity contribution in [3.05, 3.63) is 34.5 Å². The summed E-state index contributed by atoms with van der Waals surface area (Å²) in [5, 5.41) is 11.1. The second kappa shape index (κ2) is 5.94. The number of carbonyl (C=O) groups excluding carboxylic acids is 1. The molecule has 3 heterocycles. The van der Waals surface area contributed by atoms with Gasteiger partial charge in [0.15, 0.2) is 0 Å². The van der Waals surface area contributed by atoms with Gasteiger partial charge in [0.05, 0.1) is 11.9 Å². The van der Waals surface area contributed by atoms with Crippen LogP contribution < -0.4 is 0 Å². The lowest BCUT2D eigenvalue weighted by atomic mass is 10.0. The summed E-state index contributed by atoms with van der Waals surface area (Å²) in [6, 6.07) is 0. The van der Waals surface area contributed by atoms with Crippen molar-refractivity contribution >= 4 is 5.91 Å². The fourth-order valence-corrected chi connectivity index (χ4v) is 3.24. The van der Waals surface area contributed by atoms with E-state index in [-0.39, 0.29) is 5.91 Å². The molecule has 2 aromatic rings. The molecule has 6 heteroatoms. The van der Waals surface area contributed by atoms with Crippen LogP contribution in [0.4, 0.5) is 0 Å². The average molecular weight is 302 g/mol. The summed E-state index contributed by atoms with van der Waals surface area (Å²) in [5.41, 5.74) is 4.29. The third-order valence-electron chi connectivity index (χ3n) is 4.59. The van der Waals surface area contributed by atoms with E-state index in [4.69, 9.17) is 4.52 Å². The Kier molecular flexibility index (Phi) is 4.00. The van der Waals surface area contributed by atoms with Gasteiger partial charge in [-0.25, -0.2) is 0 Å². The number of hydrogen-bond acceptors (Lipinski definition) is 4. The van der Waals surface area contributed by atoms with Crippen LogP contribution in [0.1, 0.15) is 47.0 Å². The minimum atomic E-state index is 0.208. The highest BCUT2D eigenvalue weighted by molar-refractivity contribution is 5.77. The summed E-state index contributed by atoms with van der Waals surface area (Å²) >= 11 is 0. The Labute approximate surface area is 129 Å². The van der Waals surface area contributed by atoms with E-state index in [1.54, 1.807) is 0 Å². The first kappa shape index (κ1) is 14.8. The lowest BCUT2D eigenvalue weighted by molar-refractivity contribution is -0.130. The highest BCUT2D eigenvalue weighted by Crippen LogP contribution is 2.28. The van der Waals surface area contributed by atoms with Gasteiger partial charge >= 0.3 is 0 Å². The normalized spacial score (nSPS) is 18.1. The Morgan fingerprint density at radius 2 is 2.27 bits per heavy atom. The Morgan fingerprint density at radius 1 is 1.45 bits per heavy atom. The maximum Gasteiger partial charge on any atom is 0.222 e. The number of rotatable bonds is 4. The molecule has 1 N–H and O–H groups in total. The summed E-state index contributed by atoms with van der Waals surface area (Å²) < 4.78 is 5.15. The van der Waals surface area contributed by atoms with Gasteiger partial charge in [0.1, 0.15) is 5.76 Å². The molecule has 0 aliphatic carbocycles. The molecule has 2 aromatic heterocycles. The van der Waals surface area contributed by atoms with E-state index in [2.05, 4.69) is 22.3 Å². The number of aromatic nitrogens is 3. The van der Waals surface area contributed by atoms with E-state index in [0.29, 0.717) is 18.8 Å². The second-order valence-electron chi connectivity index (χ2n) is 6.09.